The Bertz CT molecular complexity index is 323. The molecule has 1 heterocycles. The molecule has 20 heavy (non-hydrogen) atoms. The molecule has 0 radical (unpaired) electrons. The van der Waals surface area contributed by atoms with Crippen LogP contribution in [0.3, 0.4) is 0 Å². The predicted octanol–water partition coefficient (Wildman–Crippen LogP) is 4.55. The lowest BCUT2D eigenvalue weighted by molar-refractivity contribution is 0.232. The van der Waals surface area contributed by atoms with Gasteiger partial charge in [-0.15, -0.1) is 0 Å². The maximum Gasteiger partial charge on any atom is 0.156 e. The van der Waals surface area contributed by atoms with E-state index in [2.05, 4.69) is 25.4 Å². The Morgan fingerprint density at radius 1 is 1.25 bits per heavy atom. The highest BCUT2D eigenvalue weighted by Gasteiger charge is 2.35. The fourth-order valence-electron chi connectivity index (χ4n) is 3.36. The topological polar surface area (TPSA) is 24.4 Å². The average Bonchev–Trinajstić information content (AvgIpc) is 2.52. The van der Waals surface area contributed by atoms with Crippen LogP contribution in [-0.2, 0) is 0 Å². The Labute approximate surface area is 133 Å². The van der Waals surface area contributed by atoms with Gasteiger partial charge in [0.15, 0.2) is 5.17 Å². The number of nitrogens with zero attached hydrogens (tertiary/aromatic N) is 1. The minimum Gasteiger partial charge on any atom is -0.364 e. The van der Waals surface area contributed by atoms with Gasteiger partial charge in [0.25, 0.3) is 0 Å². The summed E-state index contributed by atoms with van der Waals surface area (Å²) < 4.78 is 0.378. The zero-order chi connectivity index (χ0) is 14.5. The minimum atomic E-state index is 0.378. The molecule has 4 heteroatoms. The molecule has 1 aliphatic carbocycles. The Hall–Kier alpha value is 0.170. The zero-order valence-corrected chi connectivity index (χ0v) is 15.0. The van der Waals surface area contributed by atoms with E-state index >= 15 is 0 Å². The Kier molecular flexibility index (Phi) is 6.15. The van der Waals surface area contributed by atoms with E-state index in [1.807, 2.05) is 23.5 Å². The first kappa shape index (κ1) is 16.5. The first-order valence-electron chi connectivity index (χ1n) is 8.14. The van der Waals surface area contributed by atoms with Crippen molar-refractivity contribution in [3.05, 3.63) is 0 Å². The van der Waals surface area contributed by atoms with Gasteiger partial charge < -0.3 is 5.32 Å². The zero-order valence-electron chi connectivity index (χ0n) is 13.3. The van der Waals surface area contributed by atoms with Gasteiger partial charge in [-0.1, -0.05) is 44.9 Å². The minimum absolute atomic E-state index is 0.378. The fraction of sp³-hybridized carbons (Fsp3) is 0.938. The molecule has 0 aromatic rings. The van der Waals surface area contributed by atoms with E-state index < -0.39 is 0 Å². The van der Waals surface area contributed by atoms with Crippen molar-refractivity contribution in [1.29, 1.82) is 0 Å². The van der Waals surface area contributed by atoms with Crippen LogP contribution in [-0.4, -0.2) is 35.0 Å². The Balaban J connectivity index is 1.86. The first-order valence-corrected chi connectivity index (χ1v) is 10.3. The number of nitrogens with one attached hydrogen (secondary N) is 1. The monoisotopic (exact) mass is 314 g/mol. The van der Waals surface area contributed by atoms with Crippen molar-refractivity contribution in [2.75, 3.05) is 25.1 Å². The van der Waals surface area contributed by atoms with Crippen molar-refractivity contribution in [3.63, 3.8) is 0 Å². The standard InChI is InChI=1S/C16H30N2S2/c1-4-16(5-2,19-3)12-18-14-17-11-15(13-20-14)9-7-6-8-10-15/h4-13H2,1-3H3,(H,17,18). The van der Waals surface area contributed by atoms with Crippen molar-refractivity contribution in [2.45, 2.75) is 63.5 Å². The molecule has 0 amide bonds. The van der Waals surface area contributed by atoms with E-state index in [-0.39, 0.29) is 0 Å². The largest absolute Gasteiger partial charge is 0.364 e. The van der Waals surface area contributed by atoms with E-state index in [1.165, 1.54) is 55.9 Å². The summed E-state index contributed by atoms with van der Waals surface area (Å²) in [5.74, 6) is 1.28. The van der Waals surface area contributed by atoms with Gasteiger partial charge in [0.2, 0.25) is 0 Å². The molecule has 0 saturated heterocycles. The summed E-state index contributed by atoms with van der Waals surface area (Å²) in [6.07, 6.45) is 11.7. The van der Waals surface area contributed by atoms with Crippen LogP contribution in [0.15, 0.2) is 4.99 Å². The molecule has 1 spiro atoms. The van der Waals surface area contributed by atoms with Gasteiger partial charge in [0.05, 0.1) is 0 Å². The number of hydrogen-bond acceptors (Lipinski definition) is 4. The highest BCUT2D eigenvalue weighted by atomic mass is 32.2. The first-order chi connectivity index (χ1) is 9.67. The molecule has 0 aromatic carbocycles. The lowest BCUT2D eigenvalue weighted by Gasteiger charge is -2.39. The maximum atomic E-state index is 4.87. The quantitative estimate of drug-likeness (QED) is 0.805. The van der Waals surface area contributed by atoms with Crippen LogP contribution in [0.5, 0.6) is 0 Å². The van der Waals surface area contributed by atoms with E-state index in [0.717, 1.165) is 13.1 Å². The summed E-state index contributed by atoms with van der Waals surface area (Å²) in [4.78, 5) is 4.87. The predicted molar refractivity (Wildman–Crippen MR) is 95.1 cm³/mol. The molecule has 0 atom stereocenters. The summed E-state index contributed by atoms with van der Waals surface area (Å²) in [5.41, 5.74) is 0.542. The molecule has 2 rings (SSSR count). The van der Waals surface area contributed by atoms with E-state index in [0.29, 0.717) is 10.2 Å². The molecule has 1 saturated carbocycles. The highest BCUT2D eigenvalue weighted by Crippen LogP contribution is 2.41. The molecular weight excluding hydrogens is 284 g/mol. The highest BCUT2D eigenvalue weighted by molar-refractivity contribution is 8.13. The van der Waals surface area contributed by atoms with Gasteiger partial charge in [-0.2, -0.15) is 11.8 Å². The smallest absolute Gasteiger partial charge is 0.156 e. The van der Waals surface area contributed by atoms with Gasteiger partial charge in [-0.05, 0) is 37.4 Å². The van der Waals surface area contributed by atoms with Crippen LogP contribution in [0.1, 0.15) is 58.8 Å². The van der Waals surface area contributed by atoms with Gasteiger partial charge in [0, 0.05) is 23.6 Å². The molecule has 1 aliphatic heterocycles. The van der Waals surface area contributed by atoms with Crippen molar-refractivity contribution < 1.29 is 0 Å². The molecule has 0 bridgehead atoms. The van der Waals surface area contributed by atoms with Gasteiger partial charge in [-0.3, -0.25) is 4.99 Å². The summed E-state index contributed by atoms with van der Waals surface area (Å²) >= 11 is 3.97. The molecule has 2 nitrogen and oxygen atoms in total. The van der Waals surface area contributed by atoms with Crippen molar-refractivity contribution in [3.8, 4) is 0 Å². The third kappa shape index (κ3) is 3.88. The lowest BCUT2D eigenvalue weighted by atomic mass is 9.75. The summed E-state index contributed by atoms with van der Waals surface area (Å²) in [5, 5.41) is 4.83. The SMILES string of the molecule is CCC(CC)(CNC1=NCC2(CCCCC2)CS1)SC. The van der Waals surface area contributed by atoms with Crippen molar-refractivity contribution in [1.82, 2.24) is 5.32 Å². The number of amidine groups is 1. The number of hydrogen-bond donors (Lipinski definition) is 1. The van der Waals surface area contributed by atoms with Crippen LogP contribution in [0, 0.1) is 5.41 Å². The summed E-state index contributed by atoms with van der Waals surface area (Å²) in [7, 11) is 0. The Morgan fingerprint density at radius 2 is 1.95 bits per heavy atom. The van der Waals surface area contributed by atoms with Crippen molar-refractivity contribution in [2.24, 2.45) is 10.4 Å². The van der Waals surface area contributed by atoms with Gasteiger partial charge in [0.1, 0.15) is 0 Å². The second-order valence-corrected chi connectivity index (χ2v) is 8.66. The average molecular weight is 315 g/mol. The van der Waals surface area contributed by atoms with Gasteiger partial charge in [-0.25, -0.2) is 0 Å². The van der Waals surface area contributed by atoms with E-state index in [4.69, 9.17) is 4.99 Å². The van der Waals surface area contributed by atoms with E-state index in [9.17, 15) is 0 Å². The third-order valence-corrected chi connectivity index (χ3v) is 8.16. The molecule has 1 fully saturated rings. The van der Waals surface area contributed by atoms with Crippen LogP contribution in [0.2, 0.25) is 0 Å². The number of aliphatic imine (C=N–C) groups is 1. The van der Waals surface area contributed by atoms with Crippen LogP contribution in [0.4, 0.5) is 0 Å². The van der Waals surface area contributed by atoms with Crippen molar-refractivity contribution >= 4 is 28.7 Å². The fourth-order valence-corrected chi connectivity index (χ4v) is 5.31. The van der Waals surface area contributed by atoms with E-state index in [1.54, 1.807) is 0 Å². The lowest BCUT2D eigenvalue weighted by Crippen LogP contribution is -2.42. The molecule has 116 valence electrons. The van der Waals surface area contributed by atoms with Crippen LogP contribution >= 0.6 is 23.5 Å². The second-order valence-electron chi connectivity index (χ2n) is 6.42. The van der Waals surface area contributed by atoms with Crippen LogP contribution < -0.4 is 5.32 Å². The normalized spacial score (nSPS) is 22.6. The number of rotatable bonds is 5. The molecule has 0 unspecified atom stereocenters. The molecule has 1 N–H and O–H groups in total. The molecular formula is C16H30N2S2. The molecule has 2 aliphatic rings. The van der Waals surface area contributed by atoms with Crippen LogP contribution in [0.25, 0.3) is 0 Å². The maximum absolute atomic E-state index is 4.87. The molecule has 0 aromatic heterocycles. The summed E-state index contributed by atoms with van der Waals surface area (Å²) in [6.45, 7) is 6.72. The second kappa shape index (κ2) is 7.44. The van der Waals surface area contributed by atoms with Gasteiger partial charge >= 0.3 is 0 Å². The summed E-state index contributed by atoms with van der Waals surface area (Å²) in [6, 6.07) is 0. The Morgan fingerprint density at radius 3 is 2.45 bits per heavy atom. The number of thioether (sulfide) groups is 2. The third-order valence-electron chi connectivity index (χ3n) is 5.27.